The molecule has 0 atom stereocenters. The molecule has 13 heavy (non-hydrogen) atoms. The van der Waals surface area contributed by atoms with Gasteiger partial charge < -0.3 is 9.67 Å². The van der Waals surface area contributed by atoms with E-state index in [0.29, 0.717) is 11.4 Å². The van der Waals surface area contributed by atoms with E-state index in [0.717, 1.165) is 0 Å². The molecule has 4 heteroatoms. The minimum Gasteiger partial charge on any atom is -0.480 e. The second kappa shape index (κ2) is 3.71. The molecule has 0 spiro atoms. The number of carboxylic acid groups (broad SMARTS) is 1. The van der Waals surface area contributed by atoms with Crippen molar-refractivity contribution in [2.45, 2.75) is 6.54 Å². The van der Waals surface area contributed by atoms with E-state index in [1.54, 1.807) is 12.2 Å². The van der Waals surface area contributed by atoms with E-state index in [2.05, 4.69) is 18.1 Å². The Hall–Kier alpha value is -1.84. The molecule has 68 valence electrons. The number of nitrogens with zero attached hydrogens (tertiary/aromatic N) is 2. The molecule has 0 unspecified atom stereocenters. The summed E-state index contributed by atoms with van der Waals surface area (Å²) in [6.45, 7) is 7.03. The van der Waals surface area contributed by atoms with E-state index in [4.69, 9.17) is 5.11 Å². The van der Waals surface area contributed by atoms with Crippen LogP contribution in [0.1, 0.15) is 11.4 Å². The van der Waals surface area contributed by atoms with Gasteiger partial charge in [-0.3, -0.25) is 4.79 Å². The van der Waals surface area contributed by atoms with Gasteiger partial charge in [0.15, 0.2) is 0 Å². The molecule has 1 rings (SSSR count). The predicted octanol–water partition coefficient (Wildman–Crippen LogP) is 1.25. The predicted molar refractivity (Wildman–Crippen MR) is 50.0 cm³/mol. The molecule has 0 aromatic carbocycles. The highest BCUT2D eigenvalue weighted by Crippen LogP contribution is 2.09. The van der Waals surface area contributed by atoms with Gasteiger partial charge in [-0.25, -0.2) is 4.98 Å². The van der Waals surface area contributed by atoms with Crippen LogP contribution in [0.15, 0.2) is 19.5 Å². The van der Waals surface area contributed by atoms with Crippen molar-refractivity contribution in [3.8, 4) is 0 Å². The number of aliphatic carboxylic acids is 1. The first kappa shape index (κ1) is 9.25. The van der Waals surface area contributed by atoms with Gasteiger partial charge in [-0.05, 0) is 12.2 Å². The Morgan fingerprint density at radius 3 is 2.77 bits per heavy atom. The van der Waals surface area contributed by atoms with Crippen LogP contribution in [0.3, 0.4) is 0 Å². The lowest BCUT2D eigenvalue weighted by atomic mass is 10.3. The van der Waals surface area contributed by atoms with Crippen LogP contribution in [-0.4, -0.2) is 20.6 Å². The van der Waals surface area contributed by atoms with Crippen molar-refractivity contribution in [3.63, 3.8) is 0 Å². The van der Waals surface area contributed by atoms with Crippen molar-refractivity contribution in [2.24, 2.45) is 0 Å². The molecule has 1 N–H and O–H groups in total. The molecule has 0 bridgehead atoms. The summed E-state index contributed by atoms with van der Waals surface area (Å²) in [6, 6.07) is 0. The van der Waals surface area contributed by atoms with Crippen molar-refractivity contribution < 1.29 is 9.90 Å². The van der Waals surface area contributed by atoms with Crippen molar-refractivity contribution in [1.82, 2.24) is 9.55 Å². The Labute approximate surface area is 75.8 Å². The summed E-state index contributed by atoms with van der Waals surface area (Å²) in [4.78, 5) is 14.4. The highest BCUT2D eigenvalue weighted by atomic mass is 16.4. The number of carbonyl (C=O) groups is 1. The second-order valence-corrected chi connectivity index (χ2v) is 2.44. The lowest BCUT2D eigenvalue weighted by Gasteiger charge is -2.00. The third-order valence-corrected chi connectivity index (χ3v) is 1.60. The van der Waals surface area contributed by atoms with Gasteiger partial charge in [0.25, 0.3) is 0 Å². The third kappa shape index (κ3) is 1.84. The highest BCUT2D eigenvalue weighted by Gasteiger charge is 2.07. The zero-order valence-electron chi connectivity index (χ0n) is 7.10. The van der Waals surface area contributed by atoms with Gasteiger partial charge in [0.05, 0.1) is 17.7 Å². The quantitative estimate of drug-likeness (QED) is 0.755. The number of hydrogen-bond acceptors (Lipinski definition) is 2. The van der Waals surface area contributed by atoms with E-state index in [-0.39, 0.29) is 6.54 Å². The molecule has 0 aliphatic heterocycles. The molecular formula is C9H10N2O2. The van der Waals surface area contributed by atoms with Gasteiger partial charge in [0.2, 0.25) is 0 Å². The maximum atomic E-state index is 10.4. The first-order chi connectivity index (χ1) is 6.19. The lowest BCUT2D eigenvalue weighted by molar-refractivity contribution is -0.137. The van der Waals surface area contributed by atoms with E-state index < -0.39 is 5.97 Å². The first-order valence-corrected chi connectivity index (χ1v) is 3.70. The zero-order chi connectivity index (χ0) is 9.84. The van der Waals surface area contributed by atoms with Crippen LogP contribution in [0.4, 0.5) is 0 Å². The molecule has 4 nitrogen and oxygen atoms in total. The van der Waals surface area contributed by atoms with E-state index in [1.807, 2.05) is 0 Å². The van der Waals surface area contributed by atoms with Crippen LogP contribution in [0.2, 0.25) is 0 Å². The Balaban J connectivity index is 3.07. The van der Waals surface area contributed by atoms with Crippen LogP contribution < -0.4 is 0 Å². The first-order valence-electron chi connectivity index (χ1n) is 3.70. The number of carboxylic acids is 1. The monoisotopic (exact) mass is 178 g/mol. The van der Waals surface area contributed by atoms with E-state index >= 15 is 0 Å². The van der Waals surface area contributed by atoms with Gasteiger partial charge in [0, 0.05) is 0 Å². The number of aromatic nitrogens is 2. The van der Waals surface area contributed by atoms with Crippen molar-refractivity contribution in [1.29, 1.82) is 0 Å². The molecule has 1 heterocycles. The molecule has 0 saturated heterocycles. The van der Waals surface area contributed by atoms with Crippen LogP contribution in [0.5, 0.6) is 0 Å². The van der Waals surface area contributed by atoms with Crippen LogP contribution in [0.25, 0.3) is 12.2 Å². The molecule has 1 aromatic rings. The molecule has 1 aromatic heterocycles. The van der Waals surface area contributed by atoms with Crippen LogP contribution in [0, 0.1) is 0 Å². The molecule has 0 aliphatic carbocycles. The van der Waals surface area contributed by atoms with E-state index in [1.165, 1.54) is 10.9 Å². The third-order valence-electron chi connectivity index (χ3n) is 1.60. The average molecular weight is 178 g/mol. The number of hydrogen-bond donors (Lipinski definition) is 1. The summed E-state index contributed by atoms with van der Waals surface area (Å²) < 4.78 is 1.51. The lowest BCUT2D eigenvalue weighted by Crippen LogP contribution is -2.08. The Kier molecular flexibility index (Phi) is 2.64. The fourth-order valence-corrected chi connectivity index (χ4v) is 1.06. The fraction of sp³-hybridized carbons (Fsp3) is 0.111. The van der Waals surface area contributed by atoms with Crippen molar-refractivity contribution in [2.75, 3.05) is 0 Å². The van der Waals surface area contributed by atoms with Gasteiger partial charge in [-0.1, -0.05) is 13.2 Å². The van der Waals surface area contributed by atoms with Gasteiger partial charge in [0.1, 0.15) is 6.54 Å². The summed E-state index contributed by atoms with van der Waals surface area (Å²) in [5.74, 6) is -0.906. The van der Waals surface area contributed by atoms with Crippen LogP contribution >= 0.6 is 0 Å². The van der Waals surface area contributed by atoms with E-state index in [9.17, 15) is 4.79 Å². The normalized spacial score (nSPS) is 9.54. The van der Waals surface area contributed by atoms with Crippen LogP contribution in [-0.2, 0) is 11.3 Å². The molecule has 0 aliphatic rings. The summed E-state index contributed by atoms with van der Waals surface area (Å²) in [6.07, 6.45) is 4.59. The minimum absolute atomic E-state index is 0.109. The second-order valence-electron chi connectivity index (χ2n) is 2.44. The number of imidazole rings is 1. The SMILES string of the molecule is C=Cc1ncn(CC(=O)O)c1C=C. The summed E-state index contributed by atoms with van der Waals surface area (Å²) in [7, 11) is 0. The molecule has 0 saturated carbocycles. The molecular weight excluding hydrogens is 168 g/mol. The Morgan fingerprint density at radius 1 is 1.62 bits per heavy atom. The standard InChI is InChI=1S/C9H10N2O2/c1-3-7-8(4-2)11(6-10-7)5-9(12)13/h3-4,6H,1-2,5H2,(H,12,13). The Bertz CT molecular complexity index is 352. The largest absolute Gasteiger partial charge is 0.480 e. The topological polar surface area (TPSA) is 55.1 Å². The molecule has 0 fully saturated rings. The smallest absolute Gasteiger partial charge is 0.323 e. The maximum Gasteiger partial charge on any atom is 0.323 e. The summed E-state index contributed by atoms with van der Waals surface area (Å²) in [5, 5.41) is 8.56. The molecule has 0 radical (unpaired) electrons. The average Bonchev–Trinajstić information content (AvgIpc) is 2.45. The molecule has 0 amide bonds. The minimum atomic E-state index is -0.906. The summed E-state index contributed by atoms with van der Waals surface area (Å²) in [5.41, 5.74) is 1.33. The van der Waals surface area contributed by atoms with Crippen molar-refractivity contribution >= 4 is 18.1 Å². The highest BCUT2D eigenvalue weighted by molar-refractivity contribution is 5.68. The van der Waals surface area contributed by atoms with Crippen molar-refractivity contribution in [3.05, 3.63) is 30.9 Å². The van der Waals surface area contributed by atoms with Gasteiger partial charge in [-0.2, -0.15) is 0 Å². The maximum absolute atomic E-state index is 10.4. The van der Waals surface area contributed by atoms with Gasteiger partial charge >= 0.3 is 5.97 Å². The zero-order valence-corrected chi connectivity index (χ0v) is 7.10. The number of rotatable bonds is 4. The summed E-state index contributed by atoms with van der Waals surface area (Å²) >= 11 is 0. The Morgan fingerprint density at radius 2 is 2.31 bits per heavy atom. The fourth-order valence-electron chi connectivity index (χ4n) is 1.06. The van der Waals surface area contributed by atoms with Gasteiger partial charge in [-0.15, -0.1) is 0 Å².